The van der Waals surface area contributed by atoms with Crippen LogP contribution in [0.2, 0.25) is 0 Å². The molecule has 0 aliphatic heterocycles. The highest BCUT2D eigenvalue weighted by Gasteiger charge is 2.30. The molecular weight excluding hydrogens is 419 g/mol. The van der Waals surface area contributed by atoms with Crippen molar-refractivity contribution in [1.29, 1.82) is 0 Å². The number of aromatic nitrogens is 4. The molecule has 1 N–H and O–H groups in total. The first-order valence-corrected chi connectivity index (χ1v) is 9.75. The van der Waals surface area contributed by atoms with Crippen LogP contribution >= 0.6 is 0 Å². The molecule has 6 nitrogen and oxygen atoms in total. The van der Waals surface area contributed by atoms with Gasteiger partial charge in [-0.15, -0.1) is 10.2 Å². The van der Waals surface area contributed by atoms with E-state index >= 15 is 0 Å². The number of alkyl halides is 3. The van der Waals surface area contributed by atoms with Crippen LogP contribution in [0.3, 0.4) is 0 Å². The van der Waals surface area contributed by atoms with Crippen molar-refractivity contribution in [2.45, 2.75) is 19.1 Å². The van der Waals surface area contributed by atoms with Crippen LogP contribution in [0.25, 0.3) is 11.4 Å². The summed E-state index contributed by atoms with van der Waals surface area (Å²) in [6, 6.07) is 22.0. The van der Waals surface area contributed by atoms with Crippen LogP contribution in [0.15, 0.2) is 78.9 Å². The van der Waals surface area contributed by atoms with E-state index in [1.165, 1.54) is 12.1 Å². The summed E-state index contributed by atoms with van der Waals surface area (Å²) >= 11 is 0. The summed E-state index contributed by atoms with van der Waals surface area (Å²) in [5.74, 6) is -0.369. The third kappa shape index (κ3) is 5.18. The number of anilines is 1. The van der Waals surface area contributed by atoms with Crippen molar-refractivity contribution in [3.8, 4) is 11.4 Å². The van der Waals surface area contributed by atoms with E-state index in [1.807, 2.05) is 48.5 Å². The molecule has 0 fully saturated rings. The van der Waals surface area contributed by atoms with Gasteiger partial charge in [-0.1, -0.05) is 60.7 Å². The second-order valence-corrected chi connectivity index (χ2v) is 7.09. The number of hydrogen-bond acceptors (Lipinski definition) is 4. The Labute approximate surface area is 181 Å². The summed E-state index contributed by atoms with van der Waals surface area (Å²) in [4.78, 5) is 13.6. The van der Waals surface area contributed by atoms with Gasteiger partial charge in [0.25, 0.3) is 0 Å². The number of nitrogens with one attached hydrogen (secondary N) is 1. The summed E-state index contributed by atoms with van der Waals surface area (Å²) in [7, 11) is 0. The quantitative estimate of drug-likeness (QED) is 0.479. The smallest absolute Gasteiger partial charge is 0.324 e. The number of amides is 1. The lowest BCUT2D eigenvalue weighted by atomic mass is 10.0. The number of halogens is 3. The topological polar surface area (TPSA) is 72.7 Å². The summed E-state index contributed by atoms with van der Waals surface area (Å²) in [5.41, 5.74) is 2.08. The van der Waals surface area contributed by atoms with E-state index < -0.39 is 11.7 Å². The maximum absolute atomic E-state index is 12.9. The fraction of sp³-hybridized carbons (Fsp3) is 0.130. The molecule has 4 rings (SSSR count). The van der Waals surface area contributed by atoms with E-state index in [9.17, 15) is 18.0 Å². The highest BCUT2D eigenvalue weighted by molar-refractivity contribution is 5.91. The van der Waals surface area contributed by atoms with Gasteiger partial charge in [0, 0.05) is 11.3 Å². The van der Waals surface area contributed by atoms with Crippen LogP contribution in [-0.2, 0) is 23.9 Å². The van der Waals surface area contributed by atoms with Crippen molar-refractivity contribution >= 4 is 11.6 Å². The summed E-state index contributed by atoms with van der Waals surface area (Å²) in [5, 5.41) is 14.4. The number of para-hydroxylation sites is 1. The molecule has 0 saturated carbocycles. The Morgan fingerprint density at radius 3 is 2.47 bits per heavy atom. The van der Waals surface area contributed by atoms with Crippen LogP contribution in [0.4, 0.5) is 18.9 Å². The molecule has 0 atom stereocenters. The van der Waals surface area contributed by atoms with Crippen molar-refractivity contribution < 1.29 is 18.0 Å². The van der Waals surface area contributed by atoms with Crippen molar-refractivity contribution in [1.82, 2.24) is 20.2 Å². The molecule has 0 spiro atoms. The van der Waals surface area contributed by atoms with Crippen molar-refractivity contribution in [2.24, 2.45) is 0 Å². The number of rotatable bonds is 6. The number of carbonyl (C=O) groups excluding carboxylic acids is 1. The zero-order chi connectivity index (χ0) is 22.6. The van der Waals surface area contributed by atoms with Gasteiger partial charge >= 0.3 is 6.18 Å². The van der Waals surface area contributed by atoms with E-state index in [0.717, 1.165) is 28.1 Å². The van der Waals surface area contributed by atoms with Crippen molar-refractivity contribution in [3.63, 3.8) is 0 Å². The van der Waals surface area contributed by atoms with Gasteiger partial charge in [0.2, 0.25) is 11.7 Å². The minimum Gasteiger partial charge on any atom is -0.324 e. The molecular formula is C23H18F3N5O. The van der Waals surface area contributed by atoms with Crippen LogP contribution < -0.4 is 5.32 Å². The van der Waals surface area contributed by atoms with E-state index in [4.69, 9.17) is 0 Å². The minimum absolute atomic E-state index is 0.00776. The lowest BCUT2D eigenvalue weighted by Crippen LogP contribution is -2.21. The number of hydrogen-bond donors (Lipinski definition) is 1. The van der Waals surface area contributed by atoms with Gasteiger partial charge in [-0.3, -0.25) is 4.79 Å². The molecule has 4 aromatic rings. The highest BCUT2D eigenvalue weighted by atomic mass is 19.4. The first kappa shape index (κ1) is 21.2. The highest BCUT2D eigenvalue weighted by Crippen LogP contribution is 2.31. The molecule has 32 heavy (non-hydrogen) atoms. The SMILES string of the molecule is O=C(Cn1nnc(-c2cccc(C(F)(F)F)c2)n1)Nc1ccccc1Cc1ccccc1. The molecule has 0 aliphatic carbocycles. The molecule has 0 aliphatic rings. The molecule has 0 bridgehead atoms. The third-order valence-electron chi connectivity index (χ3n) is 4.71. The van der Waals surface area contributed by atoms with Gasteiger partial charge in [-0.05, 0) is 41.0 Å². The van der Waals surface area contributed by atoms with E-state index in [2.05, 4.69) is 20.7 Å². The van der Waals surface area contributed by atoms with Crippen LogP contribution in [-0.4, -0.2) is 26.1 Å². The molecule has 9 heteroatoms. The van der Waals surface area contributed by atoms with Crippen LogP contribution in [0.5, 0.6) is 0 Å². The Balaban J connectivity index is 1.45. The second-order valence-electron chi connectivity index (χ2n) is 7.09. The summed E-state index contributed by atoms with van der Waals surface area (Å²) in [6.45, 7) is -0.231. The summed E-state index contributed by atoms with van der Waals surface area (Å²) in [6.07, 6.45) is -3.82. The minimum atomic E-state index is -4.47. The normalized spacial score (nSPS) is 11.3. The molecule has 1 aromatic heterocycles. The lowest BCUT2D eigenvalue weighted by Gasteiger charge is -2.11. The Morgan fingerprint density at radius 1 is 0.938 bits per heavy atom. The number of carbonyl (C=O) groups is 1. The molecule has 0 saturated heterocycles. The number of nitrogens with zero attached hydrogens (tertiary/aromatic N) is 4. The second kappa shape index (κ2) is 9.01. The Hall–Kier alpha value is -4.01. The average molecular weight is 437 g/mol. The number of tetrazole rings is 1. The van der Waals surface area contributed by atoms with Gasteiger partial charge < -0.3 is 5.32 Å². The van der Waals surface area contributed by atoms with Crippen molar-refractivity contribution in [2.75, 3.05) is 5.32 Å². The average Bonchev–Trinajstić information content (AvgIpc) is 3.24. The van der Waals surface area contributed by atoms with Crippen molar-refractivity contribution in [3.05, 3.63) is 95.6 Å². The lowest BCUT2D eigenvalue weighted by molar-refractivity contribution is -0.137. The zero-order valence-electron chi connectivity index (χ0n) is 16.8. The van der Waals surface area contributed by atoms with Gasteiger partial charge in [-0.2, -0.15) is 18.0 Å². The van der Waals surface area contributed by atoms with Gasteiger partial charge in [0.1, 0.15) is 6.54 Å². The van der Waals surface area contributed by atoms with Gasteiger partial charge in [0.15, 0.2) is 0 Å². The maximum Gasteiger partial charge on any atom is 0.416 e. The van der Waals surface area contributed by atoms with Gasteiger partial charge in [0.05, 0.1) is 5.56 Å². The Bertz CT molecular complexity index is 1220. The fourth-order valence-corrected chi connectivity index (χ4v) is 3.19. The molecule has 162 valence electrons. The zero-order valence-corrected chi connectivity index (χ0v) is 16.8. The number of benzene rings is 3. The Morgan fingerprint density at radius 2 is 1.69 bits per heavy atom. The van der Waals surface area contributed by atoms with Crippen LogP contribution in [0, 0.1) is 0 Å². The molecule has 0 unspecified atom stereocenters. The monoisotopic (exact) mass is 437 g/mol. The molecule has 1 heterocycles. The molecule has 3 aromatic carbocycles. The molecule has 1 amide bonds. The Kier molecular flexibility index (Phi) is 5.98. The largest absolute Gasteiger partial charge is 0.416 e. The van der Waals surface area contributed by atoms with E-state index in [0.29, 0.717) is 12.1 Å². The van der Waals surface area contributed by atoms with E-state index in [1.54, 1.807) is 6.07 Å². The first-order chi connectivity index (χ1) is 15.4. The van der Waals surface area contributed by atoms with Crippen LogP contribution in [0.1, 0.15) is 16.7 Å². The molecule has 0 radical (unpaired) electrons. The predicted molar refractivity (Wildman–Crippen MR) is 113 cm³/mol. The fourth-order valence-electron chi connectivity index (χ4n) is 3.19. The van der Waals surface area contributed by atoms with Gasteiger partial charge in [-0.25, -0.2) is 0 Å². The third-order valence-corrected chi connectivity index (χ3v) is 4.71. The summed E-state index contributed by atoms with van der Waals surface area (Å²) < 4.78 is 38.8. The standard InChI is InChI=1S/C23H18F3N5O/c24-23(25,26)19-11-6-10-18(14-19)22-28-30-31(29-22)15-21(32)27-20-12-5-4-9-17(20)13-16-7-2-1-3-8-16/h1-12,14H,13,15H2,(H,27,32). The first-order valence-electron chi connectivity index (χ1n) is 9.75. The maximum atomic E-state index is 12.9. The predicted octanol–water partition coefficient (Wildman–Crippen LogP) is 4.59. The van der Waals surface area contributed by atoms with E-state index in [-0.39, 0.29) is 23.8 Å².